The second-order valence-electron chi connectivity index (χ2n) is 5.05. The van der Waals surface area contributed by atoms with Gasteiger partial charge in [-0.05, 0) is 37.8 Å². The first kappa shape index (κ1) is 11.3. The van der Waals surface area contributed by atoms with Gasteiger partial charge in [0.25, 0.3) is 0 Å². The van der Waals surface area contributed by atoms with Crippen LogP contribution in [0.15, 0.2) is 30.9 Å². The Labute approximate surface area is 107 Å². The summed E-state index contributed by atoms with van der Waals surface area (Å²) in [5.41, 5.74) is 8.13. The van der Waals surface area contributed by atoms with Crippen molar-refractivity contribution in [3.8, 4) is 11.3 Å². The Morgan fingerprint density at radius 1 is 1.33 bits per heavy atom. The van der Waals surface area contributed by atoms with Gasteiger partial charge in [0, 0.05) is 17.3 Å². The molecule has 94 valence electrons. The molecule has 0 bridgehead atoms. The lowest BCUT2D eigenvalue weighted by molar-refractivity contribution is 0.138. The molecule has 0 spiro atoms. The lowest BCUT2D eigenvalue weighted by atomic mass is 9.74. The van der Waals surface area contributed by atoms with Crippen molar-refractivity contribution in [2.45, 2.75) is 38.1 Å². The van der Waals surface area contributed by atoms with Gasteiger partial charge in [-0.1, -0.05) is 6.92 Å². The summed E-state index contributed by atoms with van der Waals surface area (Å²) < 4.78 is 2.32. The van der Waals surface area contributed by atoms with Crippen LogP contribution in [-0.2, 0) is 5.54 Å². The van der Waals surface area contributed by atoms with Crippen LogP contribution in [0.3, 0.4) is 0 Å². The maximum Gasteiger partial charge on any atom is 0.123 e. The van der Waals surface area contributed by atoms with Crippen LogP contribution in [0, 0.1) is 0 Å². The fourth-order valence-electron chi connectivity index (χ4n) is 2.79. The summed E-state index contributed by atoms with van der Waals surface area (Å²) >= 11 is 0. The van der Waals surface area contributed by atoms with E-state index in [1.165, 1.54) is 19.3 Å². The Hall–Kier alpha value is -1.84. The number of anilines is 1. The summed E-state index contributed by atoms with van der Waals surface area (Å²) in [5.74, 6) is 0.554. The predicted molar refractivity (Wildman–Crippen MR) is 72.0 cm³/mol. The molecule has 0 saturated heterocycles. The molecule has 4 nitrogen and oxygen atoms in total. The number of nitrogen functional groups attached to an aromatic ring is 1. The van der Waals surface area contributed by atoms with Crippen LogP contribution in [0.2, 0.25) is 0 Å². The summed E-state index contributed by atoms with van der Waals surface area (Å²) in [5, 5.41) is 0. The molecule has 1 fully saturated rings. The molecular weight excluding hydrogens is 224 g/mol. The van der Waals surface area contributed by atoms with Crippen LogP contribution in [0.1, 0.15) is 32.6 Å². The van der Waals surface area contributed by atoms with E-state index >= 15 is 0 Å². The van der Waals surface area contributed by atoms with E-state index in [1.807, 2.05) is 30.9 Å². The molecule has 4 heteroatoms. The third-order valence-electron chi connectivity index (χ3n) is 4.17. The topological polar surface area (TPSA) is 56.7 Å². The zero-order chi connectivity index (χ0) is 12.6. The first-order valence-electron chi connectivity index (χ1n) is 6.50. The lowest BCUT2D eigenvalue weighted by Gasteiger charge is -2.43. The number of aromatic nitrogens is 3. The highest BCUT2D eigenvalue weighted by atomic mass is 15.1. The van der Waals surface area contributed by atoms with Crippen molar-refractivity contribution < 1.29 is 0 Å². The highest BCUT2D eigenvalue weighted by Gasteiger charge is 2.38. The first-order chi connectivity index (χ1) is 8.75. The van der Waals surface area contributed by atoms with Gasteiger partial charge in [0.15, 0.2) is 0 Å². The normalized spacial score (nSPS) is 17.4. The molecule has 0 atom stereocenters. The van der Waals surface area contributed by atoms with Crippen molar-refractivity contribution in [2.75, 3.05) is 5.73 Å². The molecule has 3 rings (SSSR count). The third kappa shape index (κ3) is 1.60. The van der Waals surface area contributed by atoms with E-state index in [0.717, 1.165) is 17.7 Å². The molecule has 0 radical (unpaired) electrons. The number of rotatable bonds is 3. The molecular formula is C14H18N4. The van der Waals surface area contributed by atoms with E-state index in [0.29, 0.717) is 5.82 Å². The highest BCUT2D eigenvalue weighted by Crippen LogP contribution is 2.44. The SMILES string of the molecule is CCC1(n2cncc2-c2ccc(N)nc2)CCC1. The van der Waals surface area contributed by atoms with E-state index in [4.69, 9.17) is 5.73 Å². The third-order valence-corrected chi connectivity index (χ3v) is 4.17. The van der Waals surface area contributed by atoms with Crippen molar-refractivity contribution in [2.24, 2.45) is 0 Å². The maximum absolute atomic E-state index is 5.63. The van der Waals surface area contributed by atoms with Crippen molar-refractivity contribution >= 4 is 5.82 Å². The van der Waals surface area contributed by atoms with Crippen LogP contribution < -0.4 is 5.73 Å². The number of pyridine rings is 1. The van der Waals surface area contributed by atoms with Crippen molar-refractivity contribution in [3.05, 3.63) is 30.9 Å². The van der Waals surface area contributed by atoms with E-state index < -0.39 is 0 Å². The molecule has 1 saturated carbocycles. The lowest BCUT2D eigenvalue weighted by Crippen LogP contribution is -2.39. The Morgan fingerprint density at radius 2 is 2.17 bits per heavy atom. The monoisotopic (exact) mass is 242 g/mol. The minimum atomic E-state index is 0.271. The van der Waals surface area contributed by atoms with Crippen molar-refractivity contribution in [3.63, 3.8) is 0 Å². The summed E-state index contributed by atoms with van der Waals surface area (Å²) in [4.78, 5) is 8.49. The Balaban J connectivity index is 2.04. The quantitative estimate of drug-likeness (QED) is 0.900. The highest BCUT2D eigenvalue weighted by molar-refractivity contribution is 5.59. The van der Waals surface area contributed by atoms with Gasteiger partial charge < -0.3 is 10.3 Å². The zero-order valence-electron chi connectivity index (χ0n) is 10.6. The Morgan fingerprint density at radius 3 is 2.72 bits per heavy atom. The molecule has 0 amide bonds. The first-order valence-corrected chi connectivity index (χ1v) is 6.50. The van der Waals surface area contributed by atoms with Crippen LogP contribution >= 0.6 is 0 Å². The van der Waals surface area contributed by atoms with Crippen LogP contribution in [0.4, 0.5) is 5.82 Å². The van der Waals surface area contributed by atoms with Crippen molar-refractivity contribution in [1.82, 2.24) is 14.5 Å². The number of hydrogen-bond donors (Lipinski definition) is 1. The van der Waals surface area contributed by atoms with Gasteiger partial charge in [-0.25, -0.2) is 9.97 Å². The average molecular weight is 242 g/mol. The summed E-state index contributed by atoms with van der Waals surface area (Å²) in [6.07, 6.45) is 10.6. The predicted octanol–water partition coefficient (Wildman–Crippen LogP) is 2.82. The van der Waals surface area contributed by atoms with Crippen LogP contribution in [0.25, 0.3) is 11.3 Å². The van der Waals surface area contributed by atoms with Crippen LogP contribution in [-0.4, -0.2) is 14.5 Å². The fraction of sp³-hybridized carbons (Fsp3) is 0.429. The molecule has 2 heterocycles. The minimum Gasteiger partial charge on any atom is -0.384 e. The van der Waals surface area contributed by atoms with Gasteiger partial charge in [0.2, 0.25) is 0 Å². The standard InChI is InChI=1S/C14H18N4/c1-2-14(6-3-7-14)18-10-16-9-12(18)11-4-5-13(15)17-8-11/h4-5,8-10H,2-3,6-7H2,1H3,(H2,15,17). The minimum absolute atomic E-state index is 0.271. The van der Waals surface area contributed by atoms with E-state index in [9.17, 15) is 0 Å². The molecule has 0 unspecified atom stereocenters. The number of hydrogen-bond acceptors (Lipinski definition) is 3. The van der Waals surface area contributed by atoms with Crippen molar-refractivity contribution in [1.29, 1.82) is 0 Å². The summed E-state index contributed by atoms with van der Waals surface area (Å²) in [7, 11) is 0. The average Bonchev–Trinajstić information content (AvgIpc) is 2.79. The molecule has 1 aliphatic carbocycles. The number of nitrogens with two attached hydrogens (primary N) is 1. The molecule has 2 N–H and O–H groups in total. The molecule has 0 aliphatic heterocycles. The number of nitrogens with zero attached hydrogens (tertiary/aromatic N) is 3. The van der Waals surface area contributed by atoms with Gasteiger partial charge in [-0.15, -0.1) is 0 Å². The fourth-order valence-corrected chi connectivity index (χ4v) is 2.79. The second kappa shape index (κ2) is 4.12. The number of imidazole rings is 1. The second-order valence-corrected chi connectivity index (χ2v) is 5.05. The van der Waals surface area contributed by atoms with Gasteiger partial charge >= 0.3 is 0 Å². The summed E-state index contributed by atoms with van der Waals surface area (Å²) in [6.45, 7) is 2.25. The summed E-state index contributed by atoms with van der Waals surface area (Å²) in [6, 6.07) is 3.85. The Bertz CT molecular complexity index is 532. The van der Waals surface area contributed by atoms with E-state index in [-0.39, 0.29) is 5.54 Å². The molecule has 1 aliphatic rings. The van der Waals surface area contributed by atoms with Gasteiger partial charge in [-0.3, -0.25) is 0 Å². The van der Waals surface area contributed by atoms with Gasteiger partial charge in [0.05, 0.1) is 18.2 Å². The smallest absolute Gasteiger partial charge is 0.123 e. The molecule has 2 aromatic heterocycles. The molecule has 0 aromatic carbocycles. The zero-order valence-corrected chi connectivity index (χ0v) is 10.6. The molecule has 18 heavy (non-hydrogen) atoms. The van der Waals surface area contributed by atoms with E-state index in [2.05, 4.69) is 21.5 Å². The Kier molecular flexibility index (Phi) is 2.58. The largest absolute Gasteiger partial charge is 0.384 e. The van der Waals surface area contributed by atoms with E-state index in [1.54, 1.807) is 0 Å². The van der Waals surface area contributed by atoms with Gasteiger partial charge in [-0.2, -0.15) is 0 Å². The maximum atomic E-state index is 5.63. The van der Waals surface area contributed by atoms with Crippen LogP contribution in [0.5, 0.6) is 0 Å². The van der Waals surface area contributed by atoms with Gasteiger partial charge in [0.1, 0.15) is 5.82 Å². The molecule has 2 aromatic rings.